The summed E-state index contributed by atoms with van der Waals surface area (Å²) in [5.74, 6) is 0. The second kappa shape index (κ2) is 7.83. The minimum atomic E-state index is 1.18. The zero-order chi connectivity index (χ0) is 13.2. The third kappa shape index (κ3) is 6.26. The topological polar surface area (TPSA) is 86.0 Å². The van der Waals surface area contributed by atoms with E-state index in [2.05, 4.69) is 30.6 Å². The number of nitrogens with zero attached hydrogens (tertiary/aromatic N) is 3. The monoisotopic (exact) mass is 246 g/mol. The van der Waals surface area contributed by atoms with Crippen molar-refractivity contribution >= 4 is 0 Å². The Morgan fingerprint density at radius 1 is 0.611 bits per heavy atom. The first kappa shape index (κ1) is 13.7. The van der Waals surface area contributed by atoms with Crippen LogP contribution in [-0.4, -0.2) is 30.6 Å². The first-order valence-electron chi connectivity index (χ1n) is 5.54. The molecule has 0 unspecified atom stereocenters. The van der Waals surface area contributed by atoms with Gasteiger partial charge < -0.3 is 0 Å². The van der Waals surface area contributed by atoms with Gasteiger partial charge in [0, 0.05) is 18.6 Å². The number of rotatable bonds is 0. The lowest BCUT2D eigenvalue weighted by molar-refractivity contribution is 1.09. The Morgan fingerprint density at radius 2 is 0.889 bits per heavy atom. The SMILES string of the molecule is Cc1cn[nH]c1.Cc1cn[nH]c1.Cc1cn[nH]c1. The summed E-state index contributed by atoms with van der Waals surface area (Å²) in [4.78, 5) is 0. The molecule has 0 radical (unpaired) electrons. The molecule has 3 rings (SSSR count). The highest BCUT2D eigenvalue weighted by Gasteiger charge is 1.75. The van der Waals surface area contributed by atoms with Gasteiger partial charge in [-0.2, -0.15) is 15.3 Å². The van der Waals surface area contributed by atoms with Crippen LogP contribution in [0.5, 0.6) is 0 Å². The van der Waals surface area contributed by atoms with Gasteiger partial charge in [0.15, 0.2) is 0 Å². The summed E-state index contributed by atoms with van der Waals surface area (Å²) in [6, 6.07) is 0. The lowest BCUT2D eigenvalue weighted by atomic mass is 10.4. The fourth-order valence-corrected chi connectivity index (χ4v) is 0.946. The van der Waals surface area contributed by atoms with Crippen molar-refractivity contribution in [2.45, 2.75) is 20.8 Å². The van der Waals surface area contributed by atoms with Crippen LogP contribution in [0.1, 0.15) is 16.7 Å². The van der Waals surface area contributed by atoms with E-state index in [1.165, 1.54) is 16.7 Å². The van der Waals surface area contributed by atoms with Crippen molar-refractivity contribution in [3.05, 3.63) is 53.9 Å². The Kier molecular flexibility index (Phi) is 5.96. The van der Waals surface area contributed by atoms with Gasteiger partial charge >= 0.3 is 0 Å². The predicted octanol–water partition coefficient (Wildman–Crippen LogP) is 2.15. The third-order valence-corrected chi connectivity index (χ3v) is 1.90. The van der Waals surface area contributed by atoms with Crippen molar-refractivity contribution in [1.29, 1.82) is 0 Å². The van der Waals surface area contributed by atoms with Gasteiger partial charge in [-0.1, -0.05) is 0 Å². The van der Waals surface area contributed by atoms with E-state index in [1.807, 2.05) is 39.4 Å². The van der Waals surface area contributed by atoms with Gasteiger partial charge in [-0.3, -0.25) is 15.3 Å². The summed E-state index contributed by atoms with van der Waals surface area (Å²) < 4.78 is 0. The molecule has 0 aliphatic rings. The molecule has 0 aliphatic heterocycles. The molecule has 0 atom stereocenters. The van der Waals surface area contributed by atoms with E-state index < -0.39 is 0 Å². The van der Waals surface area contributed by atoms with E-state index in [1.54, 1.807) is 18.6 Å². The number of hydrogen-bond donors (Lipinski definition) is 3. The number of aromatic amines is 3. The summed E-state index contributed by atoms with van der Waals surface area (Å²) in [5, 5.41) is 19.1. The van der Waals surface area contributed by atoms with Crippen LogP contribution in [0.15, 0.2) is 37.2 Å². The molecule has 0 saturated carbocycles. The molecule has 0 aliphatic carbocycles. The van der Waals surface area contributed by atoms with Crippen LogP contribution in [0, 0.1) is 20.8 Å². The van der Waals surface area contributed by atoms with Crippen molar-refractivity contribution in [1.82, 2.24) is 30.6 Å². The fraction of sp³-hybridized carbons (Fsp3) is 0.250. The van der Waals surface area contributed by atoms with Gasteiger partial charge in [-0.15, -0.1) is 0 Å². The van der Waals surface area contributed by atoms with E-state index in [4.69, 9.17) is 0 Å². The molecule has 3 aromatic heterocycles. The lowest BCUT2D eigenvalue weighted by Gasteiger charge is -1.62. The minimum absolute atomic E-state index is 1.18. The number of H-pyrrole nitrogens is 3. The predicted molar refractivity (Wildman–Crippen MR) is 70.0 cm³/mol. The molecule has 0 fully saturated rings. The average Bonchev–Trinajstić information content (AvgIpc) is 3.05. The molecule has 3 N–H and O–H groups in total. The summed E-state index contributed by atoms with van der Waals surface area (Å²) in [7, 11) is 0. The lowest BCUT2D eigenvalue weighted by Crippen LogP contribution is -1.53. The van der Waals surface area contributed by atoms with Crippen LogP contribution < -0.4 is 0 Å². The maximum atomic E-state index is 3.70. The molecule has 6 heteroatoms. The highest BCUT2D eigenvalue weighted by atomic mass is 15.1. The van der Waals surface area contributed by atoms with Crippen LogP contribution in [0.2, 0.25) is 0 Å². The minimum Gasteiger partial charge on any atom is -0.285 e. The Morgan fingerprint density at radius 3 is 0.944 bits per heavy atom. The zero-order valence-electron chi connectivity index (χ0n) is 10.8. The van der Waals surface area contributed by atoms with E-state index in [-0.39, 0.29) is 0 Å². The van der Waals surface area contributed by atoms with Crippen LogP contribution in [0.25, 0.3) is 0 Å². The van der Waals surface area contributed by atoms with Crippen LogP contribution >= 0.6 is 0 Å². The second-order valence-corrected chi connectivity index (χ2v) is 3.83. The molecule has 3 heterocycles. The summed E-state index contributed by atoms with van der Waals surface area (Å²) in [6.45, 7) is 5.97. The van der Waals surface area contributed by atoms with Gasteiger partial charge in [0.2, 0.25) is 0 Å². The van der Waals surface area contributed by atoms with Crippen molar-refractivity contribution in [3.63, 3.8) is 0 Å². The molecule has 96 valence electrons. The highest BCUT2D eigenvalue weighted by Crippen LogP contribution is 1.85. The van der Waals surface area contributed by atoms with Crippen molar-refractivity contribution < 1.29 is 0 Å². The van der Waals surface area contributed by atoms with E-state index in [9.17, 15) is 0 Å². The van der Waals surface area contributed by atoms with E-state index in [0.29, 0.717) is 0 Å². The largest absolute Gasteiger partial charge is 0.285 e. The first-order chi connectivity index (χ1) is 8.68. The number of nitrogens with one attached hydrogen (secondary N) is 3. The maximum absolute atomic E-state index is 3.70. The van der Waals surface area contributed by atoms with Gasteiger partial charge in [0.1, 0.15) is 0 Å². The molecule has 0 spiro atoms. The molecule has 0 aromatic carbocycles. The third-order valence-electron chi connectivity index (χ3n) is 1.90. The molecule has 3 aromatic rings. The average molecular weight is 246 g/mol. The molecule has 0 amide bonds. The number of hydrogen-bond acceptors (Lipinski definition) is 3. The van der Waals surface area contributed by atoms with Gasteiger partial charge in [-0.05, 0) is 37.5 Å². The highest BCUT2D eigenvalue weighted by molar-refractivity contribution is 4.97. The number of aromatic nitrogens is 6. The Hall–Kier alpha value is -2.37. The van der Waals surface area contributed by atoms with Crippen molar-refractivity contribution in [3.8, 4) is 0 Å². The zero-order valence-corrected chi connectivity index (χ0v) is 10.8. The Bertz CT molecular complexity index is 404. The van der Waals surface area contributed by atoms with Crippen molar-refractivity contribution in [2.24, 2.45) is 0 Å². The van der Waals surface area contributed by atoms with Gasteiger partial charge in [-0.25, -0.2) is 0 Å². The van der Waals surface area contributed by atoms with E-state index in [0.717, 1.165) is 0 Å². The molecule has 18 heavy (non-hydrogen) atoms. The molecule has 0 saturated heterocycles. The molecular formula is C12H18N6. The molecule has 6 nitrogen and oxygen atoms in total. The fourth-order valence-electron chi connectivity index (χ4n) is 0.946. The van der Waals surface area contributed by atoms with Gasteiger partial charge in [0.25, 0.3) is 0 Å². The molecule has 0 bridgehead atoms. The quantitative estimate of drug-likeness (QED) is 0.568. The van der Waals surface area contributed by atoms with Crippen LogP contribution in [0.4, 0.5) is 0 Å². The summed E-state index contributed by atoms with van der Waals surface area (Å²) >= 11 is 0. The maximum Gasteiger partial charge on any atom is 0.0516 e. The summed E-state index contributed by atoms with van der Waals surface area (Å²) in [5.41, 5.74) is 3.53. The first-order valence-corrected chi connectivity index (χ1v) is 5.54. The van der Waals surface area contributed by atoms with Crippen molar-refractivity contribution in [2.75, 3.05) is 0 Å². The van der Waals surface area contributed by atoms with Gasteiger partial charge in [0.05, 0.1) is 18.6 Å². The normalized spacial score (nSPS) is 8.83. The molecular weight excluding hydrogens is 228 g/mol. The van der Waals surface area contributed by atoms with E-state index >= 15 is 0 Å². The Balaban J connectivity index is 0.000000135. The van der Waals surface area contributed by atoms with Crippen LogP contribution in [0.3, 0.4) is 0 Å². The second-order valence-electron chi connectivity index (χ2n) is 3.83. The standard InChI is InChI=1S/3C4H6N2/c3*1-4-2-5-6-3-4/h3*2-3H,1H3,(H,5,6). The smallest absolute Gasteiger partial charge is 0.0516 e. The van der Waals surface area contributed by atoms with Crippen LogP contribution in [-0.2, 0) is 0 Å². The Labute approximate surface area is 106 Å². The number of aryl methyl sites for hydroxylation is 3. The summed E-state index contributed by atoms with van der Waals surface area (Å²) in [6.07, 6.45) is 10.9.